The highest BCUT2D eigenvalue weighted by molar-refractivity contribution is 9.11. The van der Waals surface area contributed by atoms with E-state index in [4.69, 9.17) is 5.73 Å². The lowest BCUT2D eigenvalue weighted by Gasteiger charge is -2.23. The Labute approximate surface area is 120 Å². The number of rotatable bonds is 3. The fourth-order valence-corrected chi connectivity index (χ4v) is 3.59. The fourth-order valence-electron chi connectivity index (χ4n) is 2.31. The summed E-state index contributed by atoms with van der Waals surface area (Å²) < 4.78 is 1.93. The molecule has 1 aromatic carbocycles. The molecule has 0 aliphatic heterocycles. The molecule has 0 spiro atoms. The summed E-state index contributed by atoms with van der Waals surface area (Å²) in [5.74, 6) is 0. The maximum atomic E-state index is 5.88. The Bertz CT molecular complexity index is 364. The average Bonchev–Trinajstić information content (AvgIpc) is 2.34. The van der Waals surface area contributed by atoms with Gasteiger partial charge in [0.2, 0.25) is 0 Å². The molecule has 0 atom stereocenters. The predicted octanol–water partition coefficient (Wildman–Crippen LogP) is 4.22. The standard InChI is InChI=1S/C13H18Br2N2/c14-11-6-9(7-12(15)13(11)16)8-17-10-4-2-1-3-5-10/h6-7,10,17H,1-5,8,16H2. The number of nitrogens with two attached hydrogens (primary N) is 1. The van der Waals surface area contributed by atoms with E-state index in [1.807, 2.05) is 0 Å². The van der Waals surface area contributed by atoms with E-state index in [-0.39, 0.29) is 0 Å². The first-order valence-corrected chi connectivity index (χ1v) is 7.72. The summed E-state index contributed by atoms with van der Waals surface area (Å²) in [7, 11) is 0. The lowest BCUT2D eigenvalue weighted by molar-refractivity contribution is 0.372. The van der Waals surface area contributed by atoms with Crippen molar-refractivity contribution in [1.29, 1.82) is 0 Å². The molecule has 3 N–H and O–H groups in total. The molecule has 2 rings (SSSR count). The Morgan fingerprint density at radius 2 is 1.71 bits per heavy atom. The van der Waals surface area contributed by atoms with Crippen LogP contribution in [0.4, 0.5) is 5.69 Å². The van der Waals surface area contributed by atoms with Crippen LogP contribution in [0.1, 0.15) is 37.7 Å². The zero-order valence-corrected chi connectivity index (χ0v) is 13.0. The summed E-state index contributed by atoms with van der Waals surface area (Å²) >= 11 is 6.96. The highest BCUT2D eigenvalue weighted by Gasteiger charge is 2.12. The number of hydrogen-bond donors (Lipinski definition) is 2. The van der Waals surface area contributed by atoms with Crippen molar-refractivity contribution in [2.24, 2.45) is 0 Å². The first-order valence-electron chi connectivity index (χ1n) is 6.13. The van der Waals surface area contributed by atoms with Crippen molar-refractivity contribution in [3.05, 3.63) is 26.6 Å². The van der Waals surface area contributed by atoms with Crippen molar-refractivity contribution in [3.8, 4) is 0 Å². The van der Waals surface area contributed by atoms with Crippen LogP contribution in [0.2, 0.25) is 0 Å². The first-order chi connectivity index (χ1) is 8.16. The highest BCUT2D eigenvalue weighted by atomic mass is 79.9. The zero-order chi connectivity index (χ0) is 12.3. The summed E-state index contributed by atoms with van der Waals surface area (Å²) in [6, 6.07) is 4.88. The van der Waals surface area contributed by atoms with Crippen LogP contribution in [0.25, 0.3) is 0 Å². The van der Waals surface area contributed by atoms with Crippen molar-refractivity contribution in [1.82, 2.24) is 5.32 Å². The van der Waals surface area contributed by atoms with Crippen LogP contribution in [0.5, 0.6) is 0 Å². The van der Waals surface area contributed by atoms with Gasteiger partial charge in [0.25, 0.3) is 0 Å². The minimum atomic E-state index is 0.693. The topological polar surface area (TPSA) is 38.0 Å². The van der Waals surface area contributed by atoms with E-state index in [0.717, 1.165) is 21.2 Å². The largest absolute Gasteiger partial charge is 0.397 e. The van der Waals surface area contributed by atoms with Crippen molar-refractivity contribution in [3.63, 3.8) is 0 Å². The monoisotopic (exact) mass is 360 g/mol. The third-order valence-corrected chi connectivity index (χ3v) is 4.65. The lowest BCUT2D eigenvalue weighted by Crippen LogP contribution is -2.30. The molecule has 17 heavy (non-hydrogen) atoms. The second-order valence-electron chi connectivity index (χ2n) is 4.69. The molecule has 0 amide bonds. The maximum Gasteiger partial charge on any atom is 0.0603 e. The van der Waals surface area contributed by atoms with Crippen LogP contribution >= 0.6 is 31.9 Å². The van der Waals surface area contributed by atoms with Gasteiger partial charge in [0.05, 0.1) is 5.69 Å². The number of nitrogens with one attached hydrogen (secondary N) is 1. The third kappa shape index (κ3) is 3.70. The van der Waals surface area contributed by atoms with E-state index in [2.05, 4.69) is 49.3 Å². The van der Waals surface area contributed by atoms with Crippen molar-refractivity contribution in [2.75, 3.05) is 5.73 Å². The molecule has 0 unspecified atom stereocenters. The molecule has 94 valence electrons. The van der Waals surface area contributed by atoms with Gasteiger partial charge in [-0.25, -0.2) is 0 Å². The molecule has 1 saturated carbocycles. The van der Waals surface area contributed by atoms with Crippen molar-refractivity contribution < 1.29 is 0 Å². The Morgan fingerprint density at radius 3 is 2.29 bits per heavy atom. The second-order valence-corrected chi connectivity index (χ2v) is 6.40. The zero-order valence-electron chi connectivity index (χ0n) is 9.81. The summed E-state index contributed by atoms with van der Waals surface area (Å²) in [4.78, 5) is 0. The average molecular weight is 362 g/mol. The highest BCUT2D eigenvalue weighted by Crippen LogP contribution is 2.29. The van der Waals surface area contributed by atoms with E-state index in [9.17, 15) is 0 Å². The molecular formula is C13H18Br2N2. The smallest absolute Gasteiger partial charge is 0.0603 e. The number of nitrogen functional groups attached to an aromatic ring is 1. The molecule has 1 aliphatic rings. The van der Waals surface area contributed by atoms with Gasteiger partial charge in [-0.1, -0.05) is 19.3 Å². The molecule has 1 aromatic rings. The maximum absolute atomic E-state index is 5.88. The molecular weight excluding hydrogens is 344 g/mol. The molecule has 0 saturated heterocycles. The molecule has 1 aliphatic carbocycles. The fraction of sp³-hybridized carbons (Fsp3) is 0.538. The molecule has 0 bridgehead atoms. The Hall–Kier alpha value is -0.0600. The normalized spacial score (nSPS) is 17.3. The van der Waals surface area contributed by atoms with E-state index in [1.54, 1.807) is 0 Å². The van der Waals surface area contributed by atoms with Crippen LogP contribution in [0.15, 0.2) is 21.1 Å². The van der Waals surface area contributed by atoms with E-state index >= 15 is 0 Å². The van der Waals surface area contributed by atoms with Gasteiger partial charge in [-0.2, -0.15) is 0 Å². The van der Waals surface area contributed by atoms with E-state index in [1.165, 1.54) is 37.7 Å². The van der Waals surface area contributed by atoms with Crippen LogP contribution in [0.3, 0.4) is 0 Å². The lowest BCUT2D eigenvalue weighted by atomic mass is 9.95. The van der Waals surface area contributed by atoms with Crippen molar-refractivity contribution >= 4 is 37.5 Å². The predicted molar refractivity (Wildman–Crippen MR) is 80.0 cm³/mol. The Balaban J connectivity index is 1.94. The van der Waals surface area contributed by atoms with E-state index in [0.29, 0.717) is 6.04 Å². The van der Waals surface area contributed by atoms with Gasteiger partial charge in [-0.3, -0.25) is 0 Å². The summed E-state index contributed by atoms with van der Waals surface area (Å²) in [6.07, 6.45) is 6.77. The first kappa shape index (κ1) is 13.4. The van der Waals surface area contributed by atoms with Crippen LogP contribution in [0, 0.1) is 0 Å². The van der Waals surface area contributed by atoms with Crippen LogP contribution in [-0.4, -0.2) is 6.04 Å². The number of hydrogen-bond acceptors (Lipinski definition) is 2. The summed E-state index contributed by atoms with van der Waals surface area (Å²) in [6.45, 7) is 0.919. The van der Waals surface area contributed by atoms with Gasteiger partial charge in [0.15, 0.2) is 0 Å². The summed E-state index contributed by atoms with van der Waals surface area (Å²) in [5, 5.41) is 3.63. The minimum Gasteiger partial charge on any atom is -0.397 e. The van der Waals surface area contributed by atoms with Gasteiger partial charge in [-0.15, -0.1) is 0 Å². The second kappa shape index (κ2) is 6.21. The Kier molecular flexibility index (Phi) is 4.88. The Morgan fingerprint density at radius 1 is 1.12 bits per heavy atom. The summed E-state index contributed by atoms with van der Waals surface area (Å²) in [5.41, 5.74) is 7.91. The SMILES string of the molecule is Nc1c(Br)cc(CNC2CCCCC2)cc1Br. The van der Waals surface area contributed by atoms with Crippen molar-refractivity contribution in [2.45, 2.75) is 44.7 Å². The van der Waals surface area contributed by atoms with Gasteiger partial charge in [0, 0.05) is 21.5 Å². The van der Waals surface area contributed by atoms with Gasteiger partial charge >= 0.3 is 0 Å². The number of anilines is 1. The quantitative estimate of drug-likeness (QED) is 0.791. The third-order valence-electron chi connectivity index (χ3n) is 3.34. The van der Waals surface area contributed by atoms with Crippen LogP contribution < -0.4 is 11.1 Å². The number of benzene rings is 1. The van der Waals surface area contributed by atoms with E-state index < -0.39 is 0 Å². The molecule has 2 nitrogen and oxygen atoms in total. The molecule has 4 heteroatoms. The molecule has 0 heterocycles. The van der Waals surface area contributed by atoms with Crippen LogP contribution in [-0.2, 0) is 6.54 Å². The van der Waals surface area contributed by atoms with Gasteiger partial charge in [0.1, 0.15) is 0 Å². The van der Waals surface area contributed by atoms with Gasteiger partial charge in [-0.05, 0) is 62.4 Å². The number of halogens is 2. The minimum absolute atomic E-state index is 0.693. The molecule has 0 radical (unpaired) electrons. The van der Waals surface area contributed by atoms with Gasteiger partial charge < -0.3 is 11.1 Å². The molecule has 0 aromatic heterocycles. The molecule has 1 fully saturated rings.